The van der Waals surface area contributed by atoms with E-state index in [1.807, 2.05) is 6.92 Å². The normalized spacial score (nSPS) is 11.3. The van der Waals surface area contributed by atoms with Gasteiger partial charge in [0.25, 0.3) is 11.8 Å². The number of hydrogen-bond donors (Lipinski definition) is 3. The molecule has 41 heavy (non-hydrogen) atoms. The van der Waals surface area contributed by atoms with E-state index in [0.29, 0.717) is 12.2 Å². The van der Waals surface area contributed by atoms with Gasteiger partial charge in [0.2, 0.25) is 0 Å². The Bertz CT molecular complexity index is 1520. The second kappa shape index (κ2) is 13.2. The van der Waals surface area contributed by atoms with Crippen LogP contribution in [0.25, 0.3) is 0 Å². The van der Waals surface area contributed by atoms with Gasteiger partial charge in [0.15, 0.2) is 15.5 Å². The highest BCUT2D eigenvalue weighted by Crippen LogP contribution is 2.25. The number of benzene rings is 1. The second-order valence-electron chi connectivity index (χ2n) is 10.1. The van der Waals surface area contributed by atoms with Crippen LogP contribution in [-0.4, -0.2) is 61.3 Å². The number of hydrogen-bond acceptors (Lipinski definition) is 9. The standard InChI is InChI=1S/C28H33N5O7S/c1-18-9-12-23(31-17-18)33-26(35)24-21(8-6-13-29-24)32-25(34)20-11-10-19(41(5,37)38)16-22(20)39-15-7-14-30-27(36)40-28(2,3)4/h6,8-13,16-17H,7,14-15H2,1-5H3,(H,30,36)(H,32,34)(H,31,33,35). The third kappa shape index (κ3) is 9.57. The molecule has 2 aromatic heterocycles. The lowest BCUT2D eigenvalue weighted by molar-refractivity contribution is 0.0525. The van der Waals surface area contributed by atoms with Crippen LogP contribution >= 0.6 is 0 Å². The zero-order valence-electron chi connectivity index (χ0n) is 23.5. The molecule has 2 heterocycles. The summed E-state index contributed by atoms with van der Waals surface area (Å²) in [7, 11) is -3.60. The maximum Gasteiger partial charge on any atom is 0.407 e. The summed E-state index contributed by atoms with van der Waals surface area (Å²) in [5.74, 6) is -0.903. The molecule has 0 saturated carbocycles. The molecular weight excluding hydrogens is 550 g/mol. The summed E-state index contributed by atoms with van der Waals surface area (Å²) in [4.78, 5) is 46.2. The van der Waals surface area contributed by atoms with E-state index in [2.05, 4.69) is 25.9 Å². The van der Waals surface area contributed by atoms with E-state index in [-0.39, 0.29) is 40.7 Å². The molecule has 13 heteroatoms. The van der Waals surface area contributed by atoms with Gasteiger partial charge in [-0.15, -0.1) is 0 Å². The first-order valence-corrected chi connectivity index (χ1v) is 14.6. The van der Waals surface area contributed by atoms with Gasteiger partial charge in [0.05, 0.1) is 22.8 Å². The average molecular weight is 584 g/mol. The average Bonchev–Trinajstić information content (AvgIpc) is 2.88. The molecule has 0 atom stereocenters. The molecule has 0 fully saturated rings. The van der Waals surface area contributed by atoms with Gasteiger partial charge in [0, 0.05) is 25.2 Å². The number of rotatable bonds is 10. The van der Waals surface area contributed by atoms with Crippen molar-refractivity contribution in [1.29, 1.82) is 0 Å². The van der Waals surface area contributed by atoms with Gasteiger partial charge >= 0.3 is 6.09 Å². The number of aryl methyl sites for hydroxylation is 1. The van der Waals surface area contributed by atoms with Crippen molar-refractivity contribution in [1.82, 2.24) is 15.3 Å². The van der Waals surface area contributed by atoms with Crippen molar-refractivity contribution in [3.63, 3.8) is 0 Å². The van der Waals surface area contributed by atoms with Crippen LogP contribution in [0.1, 0.15) is 53.6 Å². The van der Waals surface area contributed by atoms with Crippen LogP contribution in [0, 0.1) is 6.92 Å². The summed E-state index contributed by atoms with van der Waals surface area (Å²) in [5.41, 5.74) is 0.399. The van der Waals surface area contributed by atoms with Crippen molar-refractivity contribution < 1.29 is 32.3 Å². The minimum Gasteiger partial charge on any atom is -0.493 e. The lowest BCUT2D eigenvalue weighted by Gasteiger charge is -2.19. The van der Waals surface area contributed by atoms with Crippen molar-refractivity contribution in [3.05, 3.63) is 71.7 Å². The monoisotopic (exact) mass is 583 g/mol. The Hall–Kier alpha value is -4.52. The van der Waals surface area contributed by atoms with Crippen LogP contribution in [0.4, 0.5) is 16.3 Å². The van der Waals surface area contributed by atoms with E-state index in [1.54, 1.807) is 45.2 Å². The smallest absolute Gasteiger partial charge is 0.407 e. The largest absolute Gasteiger partial charge is 0.493 e. The number of ether oxygens (including phenoxy) is 2. The second-order valence-corrected chi connectivity index (χ2v) is 12.1. The summed E-state index contributed by atoms with van der Waals surface area (Å²) in [5, 5.41) is 7.90. The molecule has 3 N–H and O–H groups in total. The molecule has 3 aromatic rings. The fourth-order valence-electron chi connectivity index (χ4n) is 3.39. The fourth-order valence-corrected chi connectivity index (χ4v) is 4.03. The van der Waals surface area contributed by atoms with Gasteiger partial charge in [-0.1, -0.05) is 6.07 Å². The summed E-state index contributed by atoms with van der Waals surface area (Å²) in [6.07, 6.45) is 3.83. The Balaban J connectivity index is 1.74. The third-order valence-corrected chi connectivity index (χ3v) is 6.41. The van der Waals surface area contributed by atoms with Crippen LogP contribution in [-0.2, 0) is 14.6 Å². The molecule has 3 rings (SSSR count). The Kier molecular flexibility index (Phi) is 10.0. The fraction of sp³-hybridized carbons (Fsp3) is 0.321. The number of nitrogens with zero attached hydrogens (tertiary/aromatic N) is 2. The first-order chi connectivity index (χ1) is 19.2. The first kappa shape index (κ1) is 31.0. The van der Waals surface area contributed by atoms with Gasteiger partial charge < -0.3 is 25.4 Å². The van der Waals surface area contributed by atoms with Crippen LogP contribution in [0.3, 0.4) is 0 Å². The predicted molar refractivity (Wildman–Crippen MR) is 153 cm³/mol. The van der Waals surface area contributed by atoms with Gasteiger partial charge in [-0.25, -0.2) is 23.2 Å². The summed E-state index contributed by atoms with van der Waals surface area (Å²) >= 11 is 0. The molecule has 218 valence electrons. The molecule has 1 aromatic carbocycles. The molecule has 12 nitrogen and oxygen atoms in total. The summed E-state index contributed by atoms with van der Waals surface area (Å²) in [6, 6.07) is 10.4. The number of carbonyl (C=O) groups excluding carboxylic acids is 3. The number of nitrogens with one attached hydrogen (secondary N) is 3. The lowest BCUT2D eigenvalue weighted by Crippen LogP contribution is -2.33. The molecule has 0 spiro atoms. The van der Waals surface area contributed by atoms with E-state index in [1.165, 1.54) is 30.5 Å². The number of anilines is 2. The Morgan fingerprint density at radius 3 is 2.39 bits per heavy atom. The van der Waals surface area contributed by atoms with E-state index in [9.17, 15) is 22.8 Å². The number of sulfone groups is 1. The zero-order chi connectivity index (χ0) is 30.2. The van der Waals surface area contributed by atoms with E-state index in [4.69, 9.17) is 9.47 Å². The number of alkyl carbamates (subject to hydrolysis) is 1. The minimum atomic E-state index is -3.60. The highest BCUT2D eigenvalue weighted by Gasteiger charge is 2.21. The number of carbonyl (C=O) groups is 3. The topological polar surface area (TPSA) is 166 Å². The summed E-state index contributed by atoms with van der Waals surface area (Å²) in [6.45, 7) is 7.41. The Morgan fingerprint density at radius 2 is 1.73 bits per heavy atom. The van der Waals surface area contributed by atoms with Crippen molar-refractivity contribution in [2.75, 3.05) is 30.0 Å². The molecule has 0 aliphatic heterocycles. The van der Waals surface area contributed by atoms with Crippen molar-refractivity contribution in [3.8, 4) is 5.75 Å². The van der Waals surface area contributed by atoms with Gasteiger partial charge in [-0.3, -0.25) is 9.59 Å². The highest BCUT2D eigenvalue weighted by molar-refractivity contribution is 7.90. The Morgan fingerprint density at radius 1 is 0.976 bits per heavy atom. The first-order valence-electron chi connectivity index (χ1n) is 12.7. The zero-order valence-corrected chi connectivity index (χ0v) is 24.3. The van der Waals surface area contributed by atoms with Gasteiger partial charge in [0.1, 0.15) is 17.2 Å². The lowest BCUT2D eigenvalue weighted by atomic mass is 10.1. The SMILES string of the molecule is Cc1ccc(NC(=O)c2ncccc2NC(=O)c2ccc(S(C)(=O)=O)cc2OCCCNC(=O)OC(C)(C)C)nc1. The predicted octanol–water partition coefficient (Wildman–Crippen LogP) is 3.99. The van der Waals surface area contributed by atoms with E-state index in [0.717, 1.165) is 11.8 Å². The van der Waals surface area contributed by atoms with Crippen LogP contribution in [0.15, 0.2) is 59.8 Å². The number of amides is 3. The van der Waals surface area contributed by atoms with E-state index < -0.39 is 33.3 Å². The van der Waals surface area contributed by atoms with Crippen LogP contribution in [0.2, 0.25) is 0 Å². The van der Waals surface area contributed by atoms with E-state index >= 15 is 0 Å². The third-order valence-electron chi connectivity index (χ3n) is 5.30. The van der Waals surface area contributed by atoms with Crippen molar-refractivity contribution >= 4 is 39.3 Å². The molecule has 0 bridgehead atoms. The quantitative estimate of drug-likeness (QED) is 0.299. The number of aromatic nitrogens is 2. The molecule has 3 amide bonds. The minimum absolute atomic E-state index is 0.0152. The number of pyridine rings is 2. The Labute approximate surface area is 238 Å². The molecular formula is C28H33N5O7S. The molecule has 0 aliphatic carbocycles. The molecule has 0 unspecified atom stereocenters. The molecule has 0 radical (unpaired) electrons. The van der Waals surface area contributed by atoms with Crippen LogP contribution < -0.4 is 20.7 Å². The highest BCUT2D eigenvalue weighted by atomic mass is 32.2. The molecule has 0 aliphatic rings. The maximum absolute atomic E-state index is 13.3. The summed E-state index contributed by atoms with van der Waals surface area (Å²) < 4.78 is 35.2. The van der Waals surface area contributed by atoms with Crippen molar-refractivity contribution in [2.45, 2.75) is 44.6 Å². The van der Waals surface area contributed by atoms with Crippen molar-refractivity contribution in [2.24, 2.45) is 0 Å². The van der Waals surface area contributed by atoms with Gasteiger partial charge in [-0.05, 0) is 76.1 Å². The van der Waals surface area contributed by atoms with Crippen LogP contribution in [0.5, 0.6) is 5.75 Å². The molecule has 0 saturated heterocycles. The maximum atomic E-state index is 13.3. The van der Waals surface area contributed by atoms with Gasteiger partial charge in [-0.2, -0.15) is 0 Å².